The number of ether oxygens (including phenoxy) is 1. The highest BCUT2D eigenvalue weighted by Gasteiger charge is 2.42. The minimum Gasteiger partial charge on any atom is -0.364 e. The molecule has 4 rings (SSSR count). The van der Waals surface area contributed by atoms with Crippen LogP contribution in [0.15, 0.2) is 36.9 Å². The third-order valence-electron chi connectivity index (χ3n) is 5.67. The Morgan fingerprint density at radius 3 is 3.00 bits per heavy atom. The molecule has 30 heavy (non-hydrogen) atoms. The fraction of sp³-hybridized carbons (Fsp3) is 0.348. The predicted octanol–water partition coefficient (Wildman–Crippen LogP) is 1.79. The Morgan fingerprint density at radius 1 is 1.53 bits per heavy atom. The molecule has 0 radical (unpaired) electrons. The van der Waals surface area contributed by atoms with Gasteiger partial charge in [-0.25, -0.2) is 4.68 Å². The molecule has 1 aliphatic heterocycles. The van der Waals surface area contributed by atoms with Crippen molar-refractivity contribution in [1.82, 2.24) is 14.7 Å². The van der Waals surface area contributed by atoms with Gasteiger partial charge in [0.25, 0.3) is 5.91 Å². The molecule has 154 valence electrons. The van der Waals surface area contributed by atoms with Crippen molar-refractivity contribution >= 4 is 12.3 Å². The van der Waals surface area contributed by atoms with Gasteiger partial charge in [-0.2, -0.15) is 5.10 Å². The Balaban J connectivity index is 1.62. The molecule has 1 aliphatic carbocycles. The quantitative estimate of drug-likeness (QED) is 0.329. The second-order valence-corrected chi connectivity index (χ2v) is 7.79. The van der Waals surface area contributed by atoms with Gasteiger partial charge in [-0.15, -0.1) is 6.58 Å². The van der Waals surface area contributed by atoms with E-state index in [9.17, 15) is 9.59 Å². The normalized spacial score (nSPS) is 21.3. The Morgan fingerprint density at radius 2 is 2.33 bits per heavy atom. The lowest BCUT2D eigenvalue weighted by Gasteiger charge is -2.11. The summed E-state index contributed by atoms with van der Waals surface area (Å²) in [5.41, 5.74) is 8.96. The van der Waals surface area contributed by atoms with E-state index >= 15 is 0 Å². The van der Waals surface area contributed by atoms with Gasteiger partial charge < -0.3 is 15.4 Å². The van der Waals surface area contributed by atoms with Crippen molar-refractivity contribution in [1.29, 1.82) is 0 Å². The van der Waals surface area contributed by atoms with Crippen LogP contribution in [0.3, 0.4) is 0 Å². The monoisotopic (exact) mass is 404 g/mol. The minimum absolute atomic E-state index is 0.0931. The zero-order chi connectivity index (χ0) is 21.3. The molecule has 2 amide bonds. The number of carbonyl (C=O) groups is 2. The van der Waals surface area contributed by atoms with Gasteiger partial charge in [0.05, 0.1) is 12.3 Å². The molecule has 1 aromatic heterocycles. The van der Waals surface area contributed by atoms with Gasteiger partial charge in [0, 0.05) is 42.8 Å². The number of epoxide rings is 1. The molecule has 1 saturated heterocycles. The van der Waals surface area contributed by atoms with Gasteiger partial charge in [0.1, 0.15) is 0 Å². The smallest absolute Gasteiger partial charge is 0.269 e. The second-order valence-electron chi connectivity index (χ2n) is 7.79. The van der Waals surface area contributed by atoms with E-state index in [4.69, 9.17) is 10.5 Å². The van der Waals surface area contributed by atoms with Crippen LogP contribution in [0.4, 0.5) is 0 Å². The van der Waals surface area contributed by atoms with Gasteiger partial charge in [-0.05, 0) is 31.0 Å². The molecule has 1 aromatic carbocycles. The number of nitrogens with two attached hydrogens (primary N) is 1. The Hall–Kier alpha value is -3.37. The number of aromatic nitrogens is 2. The molecule has 2 atom stereocenters. The van der Waals surface area contributed by atoms with Crippen LogP contribution >= 0.6 is 0 Å². The molecule has 0 spiro atoms. The maximum atomic E-state index is 11.9. The van der Waals surface area contributed by atoms with Crippen LogP contribution in [0.5, 0.6) is 0 Å². The maximum absolute atomic E-state index is 11.9. The number of fused-ring (bicyclic) bond motifs is 1. The maximum Gasteiger partial charge on any atom is 0.269 e. The predicted molar refractivity (Wildman–Crippen MR) is 112 cm³/mol. The highest BCUT2D eigenvalue weighted by atomic mass is 16.6. The number of nitrogens with zero attached hydrogens (tertiary/aromatic N) is 3. The summed E-state index contributed by atoms with van der Waals surface area (Å²) in [7, 11) is 1.74. The molecule has 0 unspecified atom stereocenters. The molecular weight excluding hydrogens is 380 g/mol. The molecule has 2 heterocycles. The first-order valence-electron chi connectivity index (χ1n) is 9.93. The second kappa shape index (κ2) is 7.81. The largest absolute Gasteiger partial charge is 0.364 e. The number of allylic oxidation sites excluding steroid dienone is 1. The minimum atomic E-state index is -0.525. The standard InChI is InChI=1S/C23H24N4O3/c1-3-17-7-8-19-20(17)21(22(24)29)25-27(19)18-6-4-5-16(13-18)9-10-23(14-30-23)11-12-26(2)15-28/h3-6,13,15,17H,1,7-8,11-12,14H2,2H3,(H2,24,29)/t17-,23-/m0/s1. The SMILES string of the molecule is C=C[C@H]1CCc2c1c(C(N)=O)nn2-c1cccc(C#C[C@]2(CCN(C)C=O)CO2)c1. The Bertz CT molecular complexity index is 1070. The molecule has 2 aliphatic rings. The number of primary amides is 1. The average Bonchev–Trinajstić information content (AvgIpc) is 3.24. The van der Waals surface area contributed by atoms with Gasteiger partial charge in [0.15, 0.2) is 11.3 Å². The van der Waals surface area contributed by atoms with Gasteiger partial charge in [-0.1, -0.05) is 24.0 Å². The summed E-state index contributed by atoms with van der Waals surface area (Å²) in [5, 5.41) is 4.50. The number of hydrogen-bond acceptors (Lipinski definition) is 4. The van der Waals surface area contributed by atoms with E-state index in [1.807, 2.05) is 30.3 Å². The highest BCUT2D eigenvalue weighted by molar-refractivity contribution is 5.93. The summed E-state index contributed by atoms with van der Waals surface area (Å²) < 4.78 is 7.35. The molecule has 0 bridgehead atoms. The van der Waals surface area contributed by atoms with Crippen molar-refractivity contribution in [3.8, 4) is 17.5 Å². The van der Waals surface area contributed by atoms with Crippen molar-refractivity contribution in [2.75, 3.05) is 20.2 Å². The first kappa shape index (κ1) is 19.9. The number of rotatable bonds is 7. The molecule has 7 heteroatoms. The summed E-state index contributed by atoms with van der Waals surface area (Å²) in [6.07, 6.45) is 5.03. The first-order valence-corrected chi connectivity index (χ1v) is 9.93. The molecule has 0 saturated carbocycles. The van der Waals surface area contributed by atoms with Crippen LogP contribution < -0.4 is 5.73 Å². The third-order valence-corrected chi connectivity index (χ3v) is 5.67. The third kappa shape index (κ3) is 3.74. The van der Waals surface area contributed by atoms with E-state index in [2.05, 4.69) is 23.5 Å². The number of hydrogen-bond donors (Lipinski definition) is 1. The summed E-state index contributed by atoms with van der Waals surface area (Å²) in [4.78, 5) is 24.3. The van der Waals surface area contributed by atoms with E-state index in [0.717, 1.165) is 41.8 Å². The summed E-state index contributed by atoms with van der Waals surface area (Å²) in [6, 6.07) is 7.72. The van der Waals surface area contributed by atoms with Crippen molar-refractivity contribution in [2.24, 2.45) is 5.73 Å². The van der Waals surface area contributed by atoms with E-state index < -0.39 is 11.5 Å². The van der Waals surface area contributed by atoms with Gasteiger partial charge >= 0.3 is 0 Å². The van der Waals surface area contributed by atoms with Gasteiger partial charge in [-0.3, -0.25) is 9.59 Å². The number of amides is 2. The zero-order valence-corrected chi connectivity index (χ0v) is 16.9. The van der Waals surface area contributed by atoms with Crippen LogP contribution in [0, 0.1) is 11.8 Å². The summed E-state index contributed by atoms with van der Waals surface area (Å²) >= 11 is 0. The van der Waals surface area contributed by atoms with Crippen molar-refractivity contribution in [3.63, 3.8) is 0 Å². The fourth-order valence-corrected chi connectivity index (χ4v) is 3.84. The topological polar surface area (TPSA) is 93.8 Å². The van der Waals surface area contributed by atoms with Crippen LogP contribution in [-0.2, 0) is 16.0 Å². The number of carbonyl (C=O) groups excluding carboxylic acids is 2. The molecule has 2 N–H and O–H groups in total. The summed E-state index contributed by atoms with van der Waals surface area (Å²) in [5.74, 6) is 5.96. The number of benzene rings is 1. The lowest BCUT2D eigenvalue weighted by atomic mass is 10.0. The van der Waals surface area contributed by atoms with Crippen molar-refractivity contribution in [2.45, 2.75) is 30.8 Å². The van der Waals surface area contributed by atoms with Crippen LogP contribution in [0.1, 0.15) is 46.1 Å². The fourth-order valence-electron chi connectivity index (χ4n) is 3.84. The van der Waals surface area contributed by atoms with E-state index in [1.165, 1.54) is 0 Å². The molecule has 7 nitrogen and oxygen atoms in total. The lowest BCUT2D eigenvalue weighted by Crippen LogP contribution is -2.22. The highest BCUT2D eigenvalue weighted by Crippen LogP contribution is 2.37. The van der Waals surface area contributed by atoms with Crippen LogP contribution in [0.25, 0.3) is 5.69 Å². The van der Waals surface area contributed by atoms with E-state index in [1.54, 1.807) is 16.6 Å². The van der Waals surface area contributed by atoms with E-state index in [0.29, 0.717) is 25.3 Å². The molecule has 2 aromatic rings. The van der Waals surface area contributed by atoms with E-state index in [-0.39, 0.29) is 5.92 Å². The van der Waals surface area contributed by atoms with Crippen LogP contribution in [0.2, 0.25) is 0 Å². The van der Waals surface area contributed by atoms with Crippen molar-refractivity contribution < 1.29 is 14.3 Å². The molecular formula is C23H24N4O3. The zero-order valence-electron chi connectivity index (χ0n) is 16.9. The Labute approximate surface area is 175 Å². The molecule has 1 fully saturated rings. The lowest BCUT2D eigenvalue weighted by molar-refractivity contribution is -0.117. The van der Waals surface area contributed by atoms with Crippen LogP contribution in [-0.4, -0.2) is 52.8 Å². The van der Waals surface area contributed by atoms with Crippen molar-refractivity contribution in [3.05, 3.63) is 59.4 Å². The Kier molecular flexibility index (Phi) is 5.18. The first-order chi connectivity index (χ1) is 14.5. The van der Waals surface area contributed by atoms with Gasteiger partial charge in [0.2, 0.25) is 6.41 Å². The summed E-state index contributed by atoms with van der Waals surface area (Å²) in [6.45, 7) is 5.05. The average molecular weight is 404 g/mol.